The number of rotatable bonds is 8. The molecule has 20 heavy (non-hydrogen) atoms. The molecule has 4 N–H and O–H groups in total. The maximum atomic E-state index is 11.6. The summed E-state index contributed by atoms with van der Waals surface area (Å²) in [5, 5.41) is 11.3. The molecule has 0 bridgehead atoms. The number of hydrogen-bond acceptors (Lipinski definition) is 5. The third-order valence-corrected chi connectivity index (χ3v) is 3.53. The fourth-order valence-electron chi connectivity index (χ4n) is 1.38. The third-order valence-electron chi connectivity index (χ3n) is 2.47. The van der Waals surface area contributed by atoms with Gasteiger partial charge in [0.1, 0.15) is 11.8 Å². The maximum Gasteiger partial charge on any atom is 0.321 e. The van der Waals surface area contributed by atoms with Crippen LogP contribution in [0.2, 0.25) is 0 Å². The number of nitrogens with two attached hydrogens (primary N) is 1. The standard InChI is InChI=1S/C13H18N2O4S/c1-19-10-4-2-3-9(5-10)6-15-12(16)8-20-7-11(14)13(17)18/h2-5,11H,6-8,14H2,1H3,(H,15,16)(H,17,18). The van der Waals surface area contributed by atoms with E-state index < -0.39 is 12.0 Å². The van der Waals surface area contributed by atoms with Gasteiger partial charge in [-0.15, -0.1) is 11.8 Å². The Hall–Kier alpha value is -1.73. The summed E-state index contributed by atoms with van der Waals surface area (Å²) in [5.74, 6) is -0.0874. The van der Waals surface area contributed by atoms with Crippen molar-refractivity contribution in [1.82, 2.24) is 5.32 Å². The summed E-state index contributed by atoms with van der Waals surface area (Å²) in [5.41, 5.74) is 6.27. The van der Waals surface area contributed by atoms with Crippen molar-refractivity contribution in [2.75, 3.05) is 18.6 Å². The van der Waals surface area contributed by atoms with Crippen LogP contribution in [0.25, 0.3) is 0 Å². The summed E-state index contributed by atoms with van der Waals surface area (Å²) >= 11 is 1.20. The monoisotopic (exact) mass is 298 g/mol. The Kier molecular flexibility index (Phi) is 6.89. The number of carboxylic acid groups (broad SMARTS) is 1. The molecule has 1 aromatic rings. The molecule has 1 amide bonds. The molecule has 110 valence electrons. The quantitative estimate of drug-likeness (QED) is 0.644. The Morgan fingerprint density at radius 1 is 1.50 bits per heavy atom. The van der Waals surface area contributed by atoms with Gasteiger partial charge in [-0.25, -0.2) is 0 Å². The number of carbonyl (C=O) groups is 2. The Morgan fingerprint density at radius 2 is 2.25 bits per heavy atom. The average Bonchev–Trinajstić information content (AvgIpc) is 2.45. The van der Waals surface area contributed by atoms with Gasteiger partial charge in [0.2, 0.25) is 5.91 Å². The van der Waals surface area contributed by atoms with E-state index in [4.69, 9.17) is 15.6 Å². The number of carboxylic acids is 1. The minimum atomic E-state index is -1.06. The molecule has 0 heterocycles. The Morgan fingerprint density at radius 3 is 2.90 bits per heavy atom. The molecule has 0 aliphatic rings. The van der Waals surface area contributed by atoms with Crippen molar-refractivity contribution in [2.45, 2.75) is 12.6 Å². The van der Waals surface area contributed by atoms with Crippen LogP contribution in [-0.4, -0.2) is 41.6 Å². The van der Waals surface area contributed by atoms with E-state index in [1.54, 1.807) is 7.11 Å². The molecule has 0 saturated carbocycles. The molecule has 0 spiro atoms. The van der Waals surface area contributed by atoms with Crippen LogP contribution >= 0.6 is 11.8 Å². The molecule has 0 radical (unpaired) electrons. The lowest BCUT2D eigenvalue weighted by Gasteiger charge is -2.08. The van der Waals surface area contributed by atoms with Gasteiger partial charge in [-0.2, -0.15) is 0 Å². The molecule has 0 saturated heterocycles. The van der Waals surface area contributed by atoms with E-state index in [2.05, 4.69) is 5.32 Å². The number of ether oxygens (including phenoxy) is 1. The molecule has 1 atom stereocenters. The fourth-order valence-corrected chi connectivity index (χ4v) is 2.19. The van der Waals surface area contributed by atoms with Crippen molar-refractivity contribution < 1.29 is 19.4 Å². The highest BCUT2D eigenvalue weighted by atomic mass is 32.2. The molecule has 0 aliphatic heterocycles. The molecular formula is C13H18N2O4S. The maximum absolute atomic E-state index is 11.6. The van der Waals surface area contributed by atoms with Gasteiger partial charge in [0.25, 0.3) is 0 Å². The molecule has 7 heteroatoms. The van der Waals surface area contributed by atoms with Crippen molar-refractivity contribution in [1.29, 1.82) is 0 Å². The molecular weight excluding hydrogens is 280 g/mol. The van der Waals surface area contributed by atoms with Gasteiger partial charge in [-0.05, 0) is 17.7 Å². The second kappa shape index (κ2) is 8.44. The van der Waals surface area contributed by atoms with Crippen molar-refractivity contribution in [3.63, 3.8) is 0 Å². The van der Waals surface area contributed by atoms with Crippen LogP contribution in [0, 0.1) is 0 Å². The van der Waals surface area contributed by atoms with Crippen LogP contribution < -0.4 is 15.8 Å². The van der Waals surface area contributed by atoms with Gasteiger partial charge in [0.15, 0.2) is 0 Å². The van der Waals surface area contributed by atoms with Crippen LogP contribution in [0.3, 0.4) is 0 Å². The van der Waals surface area contributed by atoms with E-state index in [-0.39, 0.29) is 17.4 Å². The fraction of sp³-hybridized carbons (Fsp3) is 0.385. The topological polar surface area (TPSA) is 102 Å². The number of nitrogens with one attached hydrogen (secondary N) is 1. The summed E-state index contributed by atoms with van der Waals surface area (Å²) in [6.07, 6.45) is 0. The number of thioether (sulfide) groups is 1. The highest BCUT2D eigenvalue weighted by Crippen LogP contribution is 2.12. The first-order valence-electron chi connectivity index (χ1n) is 5.98. The first-order chi connectivity index (χ1) is 9.52. The SMILES string of the molecule is COc1cccc(CNC(=O)CSCC(N)C(=O)O)c1. The van der Waals surface area contributed by atoms with Gasteiger partial charge >= 0.3 is 5.97 Å². The smallest absolute Gasteiger partial charge is 0.321 e. The lowest BCUT2D eigenvalue weighted by molar-refractivity contribution is -0.138. The number of aliphatic carboxylic acids is 1. The van der Waals surface area contributed by atoms with Crippen LogP contribution in [0.5, 0.6) is 5.75 Å². The number of hydrogen-bond donors (Lipinski definition) is 3. The minimum absolute atomic E-state index is 0.157. The van der Waals surface area contributed by atoms with E-state index in [1.807, 2.05) is 24.3 Å². The number of benzene rings is 1. The zero-order chi connectivity index (χ0) is 15.0. The highest BCUT2D eigenvalue weighted by molar-refractivity contribution is 8.00. The summed E-state index contributed by atoms with van der Waals surface area (Å²) in [7, 11) is 1.58. The van der Waals surface area contributed by atoms with Crippen molar-refractivity contribution in [2.24, 2.45) is 5.73 Å². The second-order valence-electron chi connectivity index (χ2n) is 4.09. The largest absolute Gasteiger partial charge is 0.497 e. The number of methoxy groups -OCH3 is 1. The molecule has 0 fully saturated rings. The van der Waals surface area contributed by atoms with Gasteiger partial charge in [-0.1, -0.05) is 12.1 Å². The van der Waals surface area contributed by atoms with Crippen molar-refractivity contribution >= 4 is 23.6 Å². The Bertz CT molecular complexity index is 467. The van der Waals surface area contributed by atoms with Gasteiger partial charge in [0, 0.05) is 12.3 Å². The predicted octanol–water partition coefficient (Wildman–Crippen LogP) is 0.456. The van der Waals surface area contributed by atoms with Gasteiger partial charge in [-0.3, -0.25) is 9.59 Å². The van der Waals surface area contributed by atoms with Crippen LogP contribution in [-0.2, 0) is 16.1 Å². The average molecular weight is 298 g/mol. The first kappa shape index (κ1) is 16.3. The third kappa shape index (κ3) is 5.94. The summed E-state index contributed by atoms with van der Waals surface area (Å²) in [6.45, 7) is 0.404. The predicted molar refractivity (Wildman–Crippen MR) is 77.8 cm³/mol. The number of carbonyl (C=O) groups excluding carboxylic acids is 1. The summed E-state index contributed by atoms with van der Waals surface area (Å²) < 4.78 is 5.09. The second-order valence-corrected chi connectivity index (χ2v) is 5.12. The van der Waals surface area contributed by atoms with E-state index >= 15 is 0 Å². The lowest BCUT2D eigenvalue weighted by Crippen LogP contribution is -2.33. The minimum Gasteiger partial charge on any atom is -0.497 e. The van der Waals surface area contributed by atoms with Crippen LogP contribution in [0.15, 0.2) is 24.3 Å². The van der Waals surface area contributed by atoms with E-state index in [0.29, 0.717) is 6.54 Å². The first-order valence-corrected chi connectivity index (χ1v) is 7.14. The van der Waals surface area contributed by atoms with E-state index in [0.717, 1.165) is 11.3 Å². The van der Waals surface area contributed by atoms with Crippen LogP contribution in [0.4, 0.5) is 0 Å². The van der Waals surface area contributed by atoms with Crippen molar-refractivity contribution in [3.8, 4) is 5.75 Å². The zero-order valence-electron chi connectivity index (χ0n) is 11.2. The summed E-state index contributed by atoms with van der Waals surface area (Å²) in [4.78, 5) is 22.1. The Labute approximate surface area is 121 Å². The lowest BCUT2D eigenvalue weighted by atomic mass is 10.2. The zero-order valence-corrected chi connectivity index (χ0v) is 12.0. The highest BCUT2D eigenvalue weighted by Gasteiger charge is 2.12. The normalized spacial score (nSPS) is 11.7. The van der Waals surface area contributed by atoms with E-state index in [1.165, 1.54) is 11.8 Å². The molecule has 1 unspecified atom stereocenters. The molecule has 0 aliphatic carbocycles. The molecule has 1 aromatic carbocycles. The van der Waals surface area contributed by atoms with E-state index in [9.17, 15) is 9.59 Å². The molecule has 6 nitrogen and oxygen atoms in total. The molecule has 1 rings (SSSR count). The van der Waals surface area contributed by atoms with Gasteiger partial charge < -0.3 is 20.9 Å². The Balaban J connectivity index is 2.27. The van der Waals surface area contributed by atoms with Crippen LogP contribution in [0.1, 0.15) is 5.56 Å². The molecule has 0 aromatic heterocycles. The van der Waals surface area contributed by atoms with Crippen molar-refractivity contribution in [3.05, 3.63) is 29.8 Å². The number of amides is 1. The van der Waals surface area contributed by atoms with Gasteiger partial charge in [0.05, 0.1) is 12.9 Å². The summed E-state index contributed by atoms with van der Waals surface area (Å²) in [6, 6.07) is 6.46.